The van der Waals surface area contributed by atoms with Crippen molar-refractivity contribution >= 4 is 0 Å². The fourth-order valence-electron chi connectivity index (χ4n) is 3.31. The van der Waals surface area contributed by atoms with Gasteiger partial charge in [0.25, 0.3) is 0 Å². The average Bonchev–Trinajstić information content (AvgIpc) is 3.26. The largest absolute Gasteiger partial charge is 0.264 e. The first-order valence-electron chi connectivity index (χ1n) is 9.34. The van der Waals surface area contributed by atoms with Crippen LogP contribution in [0.25, 0.3) is 17.1 Å². The molecule has 0 aliphatic heterocycles. The molecule has 0 bridgehead atoms. The van der Waals surface area contributed by atoms with Crippen LogP contribution in [-0.2, 0) is 6.54 Å². The Balaban J connectivity index is 1.79. The molecule has 142 valence electrons. The molecule has 1 aromatic carbocycles. The first-order chi connectivity index (χ1) is 13.5. The van der Waals surface area contributed by atoms with E-state index in [0.29, 0.717) is 12.4 Å². The van der Waals surface area contributed by atoms with E-state index in [1.54, 1.807) is 6.20 Å². The van der Waals surface area contributed by atoms with Crippen molar-refractivity contribution in [3.8, 4) is 17.1 Å². The highest BCUT2D eigenvalue weighted by molar-refractivity contribution is 5.55. The molecule has 0 saturated carbocycles. The third-order valence-corrected chi connectivity index (χ3v) is 4.73. The number of aromatic nitrogens is 7. The molecule has 1 atom stereocenters. The molecule has 4 aromatic rings. The molecule has 0 aliphatic carbocycles. The molecule has 0 spiro atoms. The zero-order valence-electron chi connectivity index (χ0n) is 16.5. The first kappa shape index (κ1) is 18.0. The van der Waals surface area contributed by atoms with Gasteiger partial charge in [0.1, 0.15) is 17.5 Å². The van der Waals surface area contributed by atoms with Gasteiger partial charge in [-0.2, -0.15) is 5.10 Å². The number of hydrogen-bond donors (Lipinski definition) is 0. The van der Waals surface area contributed by atoms with Gasteiger partial charge in [0, 0.05) is 23.9 Å². The Kier molecular flexibility index (Phi) is 4.73. The molecule has 0 saturated heterocycles. The highest BCUT2D eigenvalue weighted by Gasteiger charge is 2.21. The Labute approximate surface area is 164 Å². The SMILES string of the molecule is Cc1nc(C)n(CC(C)c2nc(-c3ccccc3)nn2-c2ccncc2C)n1. The van der Waals surface area contributed by atoms with Crippen molar-refractivity contribution in [2.45, 2.75) is 40.2 Å². The zero-order chi connectivity index (χ0) is 19.7. The summed E-state index contributed by atoms with van der Waals surface area (Å²) in [6, 6.07) is 12.0. The number of nitrogens with zero attached hydrogens (tertiary/aromatic N) is 7. The van der Waals surface area contributed by atoms with Gasteiger partial charge in [-0.1, -0.05) is 37.3 Å². The molecule has 3 aromatic heterocycles. The zero-order valence-corrected chi connectivity index (χ0v) is 16.5. The van der Waals surface area contributed by atoms with Gasteiger partial charge >= 0.3 is 0 Å². The van der Waals surface area contributed by atoms with Crippen molar-refractivity contribution in [2.24, 2.45) is 0 Å². The van der Waals surface area contributed by atoms with Gasteiger partial charge in [-0.15, -0.1) is 5.10 Å². The van der Waals surface area contributed by atoms with Crippen LogP contribution in [0.3, 0.4) is 0 Å². The second-order valence-corrected chi connectivity index (χ2v) is 7.02. The summed E-state index contributed by atoms with van der Waals surface area (Å²) in [7, 11) is 0. The lowest BCUT2D eigenvalue weighted by atomic mass is 10.1. The smallest absolute Gasteiger partial charge is 0.181 e. The third-order valence-electron chi connectivity index (χ3n) is 4.73. The predicted octanol–water partition coefficient (Wildman–Crippen LogP) is 3.65. The standard InChI is InChI=1S/C21H23N7/c1-14-12-22-11-10-19(14)28-21(15(2)13-27-17(4)23-16(3)25-27)24-20(26-28)18-8-6-5-7-9-18/h5-12,15H,13H2,1-4H3. The molecule has 28 heavy (non-hydrogen) atoms. The molecule has 3 heterocycles. The first-order valence-corrected chi connectivity index (χ1v) is 9.34. The third kappa shape index (κ3) is 3.43. The van der Waals surface area contributed by atoms with Crippen molar-refractivity contribution in [1.82, 2.24) is 34.5 Å². The molecule has 0 amide bonds. The van der Waals surface area contributed by atoms with E-state index >= 15 is 0 Å². The Morgan fingerprint density at radius 2 is 1.75 bits per heavy atom. The second kappa shape index (κ2) is 7.34. The van der Waals surface area contributed by atoms with Crippen LogP contribution in [0, 0.1) is 20.8 Å². The highest BCUT2D eigenvalue weighted by Crippen LogP contribution is 2.25. The van der Waals surface area contributed by atoms with Crippen molar-refractivity contribution in [1.29, 1.82) is 0 Å². The minimum atomic E-state index is 0.0947. The van der Waals surface area contributed by atoms with E-state index < -0.39 is 0 Å². The monoisotopic (exact) mass is 373 g/mol. The Hall–Kier alpha value is -3.35. The normalized spacial score (nSPS) is 12.3. The summed E-state index contributed by atoms with van der Waals surface area (Å²) in [5.41, 5.74) is 3.03. The molecule has 0 N–H and O–H groups in total. The summed E-state index contributed by atoms with van der Waals surface area (Å²) in [6.07, 6.45) is 3.63. The maximum absolute atomic E-state index is 4.90. The van der Waals surface area contributed by atoms with Crippen LogP contribution >= 0.6 is 0 Å². The van der Waals surface area contributed by atoms with Gasteiger partial charge in [-0.25, -0.2) is 19.3 Å². The summed E-state index contributed by atoms with van der Waals surface area (Å²) in [4.78, 5) is 13.5. The van der Waals surface area contributed by atoms with E-state index in [9.17, 15) is 0 Å². The minimum absolute atomic E-state index is 0.0947. The highest BCUT2D eigenvalue weighted by atomic mass is 15.4. The number of rotatable bonds is 5. The van der Waals surface area contributed by atoms with Crippen LogP contribution in [-0.4, -0.2) is 34.5 Å². The summed E-state index contributed by atoms with van der Waals surface area (Å²) in [5.74, 6) is 3.38. The van der Waals surface area contributed by atoms with Gasteiger partial charge in [0.15, 0.2) is 5.82 Å². The quantitative estimate of drug-likeness (QED) is 0.534. The van der Waals surface area contributed by atoms with Crippen molar-refractivity contribution in [3.05, 3.63) is 71.8 Å². The number of benzene rings is 1. The van der Waals surface area contributed by atoms with Gasteiger partial charge < -0.3 is 0 Å². The Morgan fingerprint density at radius 1 is 0.964 bits per heavy atom. The summed E-state index contributed by atoms with van der Waals surface area (Å²) >= 11 is 0. The lowest BCUT2D eigenvalue weighted by Crippen LogP contribution is -2.15. The van der Waals surface area contributed by atoms with Crippen LogP contribution in [0.1, 0.15) is 35.9 Å². The maximum atomic E-state index is 4.90. The molecular weight excluding hydrogens is 350 g/mol. The van der Waals surface area contributed by atoms with Crippen LogP contribution < -0.4 is 0 Å². The average molecular weight is 373 g/mol. The lowest BCUT2D eigenvalue weighted by Gasteiger charge is -2.14. The lowest BCUT2D eigenvalue weighted by molar-refractivity contribution is 0.502. The predicted molar refractivity (Wildman–Crippen MR) is 107 cm³/mol. The maximum Gasteiger partial charge on any atom is 0.181 e. The summed E-state index contributed by atoms with van der Waals surface area (Å²) in [6.45, 7) is 8.74. The number of pyridine rings is 1. The van der Waals surface area contributed by atoms with Crippen molar-refractivity contribution < 1.29 is 0 Å². The second-order valence-electron chi connectivity index (χ2n) is 7.02. The fraction of sp³-hybridized carbons (Fsp3) is 0.286. The molecular formula is C21H23N7. The van der Waals surface area contributed by atoms with Crippen molar-refractivity contribution in [3.63, 3.8) is 0 Å². The topological polar surface area (TPSA) is 74.3 Å². The van der Waals surface area contributed by atoms with E-state index in [1.165, 1.54) is 0 Å². The Morgan fingerprint density at radius 3 is 2.43 bits per heavy atom. The molecule has 7 nitrogen and oxygen atoms in total. The van der Waals surface area contributed by atoms with E-state index in [2.05, 4.69) is 22.0 Å². The number of hydrogen-bond acceptors (Lipinski definition) is 5. The van der Waals surface area contributed by atoms with Crippen LogP contribution in [0.15, 0.2) is 48.8 Å². The van der Waals surface area contributed by atoms with Gasteiger partial charge in [-0.3, -0.25) is 4.98 Å². The van der Waals surface area contributed by atoms with Crippen LogP contribution in [0.2, 0.25) is 0 Å². The molecule has 0 radical (unpaired) electrons. The van der Waals surface area contributed by atoms with Crippen molar-refractivity contribution in [2.75, 3.05) is 0 Å². The molecule has 1 unspecified atom stereocenters. The summed E-state index contributed by atoms with van der Waals surface area (Å²) in [5, 5.41) is 9.33. The van der Waals surface area contributed by atoms with Gasteiger partial charge in [0.2, 0.25) is 0 Å². The van der Waals surface area contributed by atoms with E-state index in [0.717, 1.165) is 34.3 Å². The van der Waals surface area contributed by atoms with Gasteiger partial charge in [0.05, 0.1) is 12.2 Å². The minimum Gasteiger partial charge on any atom is -0.264 e. The van der Waals surface area contributed by atoms with Gasteiger partial charge in [-0.05, 0) is 32.4 Å². The Bertz CT molecular complexity index is 1100. The summed E-state index contributed by atoms with van der Waals surface area (Å²) < 4.78 is 3.86. The molecule has 0 fully saturated rings. The number of aryl methyl sites for hydroxylation is 3. The van der Waals surface area contributed by atoms with Crippen LogP contribution in [0.4, 0.5) is 0 Å². The van der Waals surface area contributed by atoms with E-state index in [1.807, 2.05) is 72.7 Å². The van der Waals surface area contributed by atoms with E-state index in [4.69, 9.17) is 10.1 Å². The van der Waals surface area contributed by atoms with Crippen LogP contribution in [0.5, 0.6) is 0 Å². The fourth-order valence-corrected chi connectivity index (χ4v) is 3.31. The molecule has 0 aliphatic rings. The molecule has 7 heteroatoms. The van der Waals surface area contributed by atoms with E-state index in [-0.39, 0.29) is 5.92 Å². The molecule has 4 rings (SSSR count).